The first-order valence-corrected chi connectivity index (χ1v) is 8.11. The number of aromatic nitrogens is 2. The van der Waals surface area contributed by atoms with Crippen LogP contribution in [0.2, 0.25) is 5.02 Å². The maximum Gasteiger partial charge on any atom is 0.227 e. The zero-order valence-corrected chi connectivity index (χ0v) is 13.7. The van der Waals surface area contributed by atoms with Gasteiger partial charge in [-0.15, -0.1) is 0 Å². The molecule has 1 aliphatic carbocycles. The van der Waals surface area contributed by atoms with E-state index in [9.17, 15) is 0 Å². The first-order valence-electron chi connectivity index (χ1n) is 7.73. The highest BCUT2D eigenvalue weighted by Crippen LogP contribution is 2.40. The van der Waals surface area contributed by atoms with Crippen molar-refractivity contribution in [3.8, 4) is 0 Å². The summed E-state index contributed by atoms with van der Waals surface area (Å²) in [6.07, 6.45) is 4.38. The van der Waals surface area contributed by atoms with E-state index >= 15 is 0 Å². The molecule has 1 aromatic heterocycles. The number of rotatable bonds is 6. The van der Waals surface area contributed by atoms with Crippen LogP contribution in [0.25, 0.3) is 0 Å². The summed E-state index contributed by atoms with van der Waals surface area (Å²) in [6.45, 7) is 5.11. The Morgan fingerprint density at radius 2 is 2.14 bits per heavy atom. The first-order chi connectivity index (χ1) is 10.6. The summed E-state index contributed by atoms with van der Waals surface area (Å²) in [6, 6.07) is 8.05. The molecular weight excluding hydrogens is 296 g/mol. The molecule has 22 heavy (non-hydrogen) atoms. The lowest BCUT2D eigenvalue weighted by atomic mass is 10.1. The number of hydrogen-bond acceptors (Lipinski definition) is 4. The van der Waals surface area contributed by atoms with Crippen molar-refractivity contribution >= 4 is 23.2 Å². The monoisotopic (exact) mass is 316 g/mol. The van der Waals surface area contributed by atoms with Crippen LogP contribution in [0.4, 0.5) is 11.6 Å². The fourth-order valence-corrected chi connectivity index (χ4v) is 2.53. The Morgan fingerprint density at radius 1 is 1.32 bits per heavy atom. The number of anilines is 2. The molecule has 1 fully saturated rings. The molecule has 5 heteroatoms. The van der Waals surface area contributed by atoms with Gasteiger partial charge in [0, 0.05) is 41.0 Å². The van der Waals surface area contributed by atoms with E-state index in [-0.39, 0.29) is 0 Å². The predicted molar refractivity (Wildman–Crippen MR) is 90.7 cm³/mol. The quantitative estimate of drug-likeness (QED) is 0.836. The molecule has 1 aliphatic rings. The molecule has 3 rings (SSSR count). The van der Waals surface area contributed by atoms with Crippen LogP contribution >= 0.6 is 11.6 Å². The summed E-state index contributed by atoms with van der Waals surface area (Å²) in [4.78, 5) is 9.18. The Balaban J connectivity index is 1.79. The fraction of sp³-hybridized carbons (Fsp3) is 0.412. The van der Waals surface area contributed by atoms with Gasteiger partial charge >= 0.3 is 0 Å². The third-order valence-electron chi connectivity index (χ3n) is 3.64. The second kappa shape index (κ2) is 6.63. The predicted octanol–water partition coefficient (Wildman–Crippen LogP) is 4.25. The van der Waals surface area contributed by atoms with Crippen LogP contribution in [-0.4, -0.2) is 16.0 Å². The van der Waals surface area contributed by atoms with Gasteiger partial charge in [-0.2, -0.15) is 0 Å². The van der Waals surface area contributed by atoms with Crippen molar-refractivity contribution in [2.24, 2.45) is 0 Å². The van der Waals surface area contributed by atoms with Crippen LogP contribution in [0.3, 0.4) is 0 Å². The van der Waals surface area contributed by atoms with Crippen molar-refractivity contribution in [1.82, 2.24) is 15.3 Å². The van der Waals surface area contributed by atoms with E-state index in [2.05, 4.69) is 29.5 Å². The van der Waals surface area contributed by atoms with Gasteiger partial charge in [-0.05, 0) is 31.0 Å². The Labute approximate surface area is 136 Å². The highest BCUT2D eigenvalue weighted by molar-refractivity contribution is 6.30. The lowest BCUT2D eigenvalue weighted by Crippen LogP contribution is -2.23. The number of benzene rings is 1. The SMILES string of the molecule is CC(C)NCc1cnc(Nc2cccc(Cl)c2)nc1C1CC1. The van der Waals surface area contributed by atoms with E-state index in [4.69, 9.17) is 16.6 Å². The maximum absolute atomic E-state index is 6.01. The van der Waals surface area contributed by atoms with Crippen LogP contribution in [0.5, 0.6) is 0 Å². The van der Waals surface area contributed by atoms with Gasteiger partial charge in [0.15, 0.2) is 0 Å². The van der Waals surface area contributed by atoms with Crippen molar-refractivity contribution in [2.45, 2.75) is 45.2 Å². The Kier molecular flexibility index (Phi) is 4.60. The maximum atomic E-state index is 6.01. The zero-order valence-electron chi connectivity index (χ0n) is 12.9. The third kappa shape index (κ3) is 3.96. The van der Waals surface area contributed by atoms with Crippen molar-refractivity contribution < 1.29 is 0 Å². The molecule has 0 aliphatic heterocycles. The summed E-state index contributed by atoms with van der Waals surface area (Å²) in [5.74, 6) is 1.23. The molecule has 0 bridgehead atoms. The fourth-order valence-electron chi connectivity index (χ4n) is 2.34. The van der Waals surface area contributed by atoms with Crippen LogP contribution in [-0.2, 0) is 6.54 Å². The molecule has 4 nitrogen and oxygen atoms in total. The molecule has 0 saturated heterocycles. The molecule has 0 spiro atoms. The summed E-state index contributed by atoms with van der Waals surface area (Å²) < 4.78 is 0. The Hall–Kier alpha value is -1.65. The molecule has 2 aromatic rings. The molecule has 0 unspecified atom stereocenters. The van der Waals surface area contributed by atoms with Gasteiger partial charge in [0.05, 0.1) is 5.69 Å². The van der Waals surface area contributed by atoms with Gasteiger partial charge < -0.3 is 10.6 Å². The lowest BCUT2D eigenvalue weighted by Gasteiger charge is -2.13. The average Bonchev–Trinajstić information content (AvgIpc) is 3.30. The minimum atomic E-state index is 0.455. The average molecular weight is 317 g/mol. The number of nitrogens with one attached hydrogen (secondary N) is 2. The van der Waals surface area contributed by atoms with Gasteiger partial charge in [0.2, 0.25) is 5.95 Å². The highest BCUT2D eigenvalue weighted by atomic mass is 35.5. The van der Waals surface area contributed by atoms with Crippen molar-refractivity contribution in [3.63, 3.8) is 0 Å². The van der Waals surface area contributed by atoms with Gasteiger partial charge in [0.1, 0.15) is 0 Å². The summed E-state index contributed by atoms with van der Waals surface area (Å²) in [7, 11) is 0. The Morgan fingerprint density at radius 3 is 2.82 bits per heavy atom. The van der Waals surface area contributed by atoms with E-state index in [0.29, 0.717) is 22.9 Å². The van der Waals surface area contributed by atoms with Crippen molar-refractivity contribution in [1.29, 1.82) is 0 Å². The third-order valence-corrected chi connectivity index (χ3v) is 3.88. The molecule has 0 amide bonds. The van der Waals surface area contributed by atoms with Gasteiger partial charge in [-0.25, -0.2) is 9.97 Å². The minimum absolute atomic E-state index is 0.455. The van der Waals surface area contributed by atoms with Crippen LogP contribution < -0.4 is 10.6 Å². The second-order valence-corrected chi connectivity index (χ2v) is 6.49. The van der Waals surface area contributed by atoms with Crippen LogP contribution in [0, 0.1) is 0 Å². The van der Waals surface area contributed by atoms with E-state index in [0.717, 1.165) is 12.2 Å². The van der Waals surface area contributed by atoms with Crippen molar-refractivity contribution in [2.75, 3.05) is 5.32 Å². The topological polar surface area (TPSA) is 49.8 Å². The normalized spacial score (nSPS) is 14.4. The van der Waals surface area contributed by atoms with E-state index in [1.54, 1.807) is 0 Å². The molecule has 116 valence electrons. The molecule has 0 atom stereocenters. The van der Waals surface area contributed by atoms with E-state index < -0.39 is 0 Å². The summed E-state index contributed by atoms with van der Waals surface area (Å²) >= 11 is 6.01. The minimum Gasteiger partial charge on any atom is -0.324 e. The first kappa shape index (κ1) is 15.3. The smallest absolute Gasteiger partial charge is 0.227 e. The summed E-state index contributed by atoms with van der Waals surface area (Å²) in [5.41, 5.74) is 3.28. The highest BCUT2D eigenvalue weighted by Gasteiger charge is 2.28. The van der Waals surface area contributed by atoms with Gasteiger partial charge in [-0.1, -0.05) is 31.5 Å². The van der Waals surface area contributed by atoms with Crippen LogP contribution in [0.15, 0.2) is 30.5 Å². The molecule has 1 saturated carbocycles. The summed E-state index contributed by atoms with van der Waals surface area (Å²) in [5, 5.41) is 7.38. The number of halogens is 1. The molecule has 2 N–H and O–H groups in total. The molecular formula is C17H21ClN4. The lowest BCUT2D eigenvalue weighted by molar-refractivity contribution is 0.583. The molecule has 0 radical (unpaired) electrons. The molecule has 1 aromatic carbocycles. The van der Waals surface area contributed by atoms with E-state index in [1.165, 1.54) is 24.1 Å². The standard InChI is InChI=1S/C17H21ClN4/c1-11(2)19-9-13-10-20-17(22-16(13)12-6-7-12)21-15-5-3-4-14(18)8-15/h3-5,8,10-12,19H,6-7,9H2,1-2H3,(H,20,21,22). The van der Waals surface area contributed by atoms with E-state index in [1.807, 2.05) is 30.5 Å². The van der Waals surface area contributed by atoms with Gasteiger partial charge in [-0.3, -0.25) is 0 Å². The zero-order chi connectivity index (χ0) is 15.5. The van der Waals surface area contributed by atoms with Crippen LogP contribution in [0.1, 0.15) is 43.9 Å². The second-order valence-electron chi connectivity index (χ2n) is 6.05. The number of nitrogens with zero attached hydrogens (tertiary/aromatic N) is 2. The van der Waals surface area contributed by atoms with Crippen molar-refractivity contribution in [3.05, 3.63) is 46.7 Å². The largest absolute Gasteiger partial charge is 0.324 e. The Bertz CT molecular complexity index is 653. The number of hydrogen-bond donors (Lipinski definition) is 2. The molecule has 1 heterocycles. The van der Waals surface area contributed by atoms with Gasteiger partial charge in [0.25, 0.3) is 0 Å².